The number of amides is 3. The minimum atomic E-state index is -0.519. The number of anilines is 2. The van der Waals surface area contributed by atoms with Gasteiger partial charge in [0.25, 0.3) is 5.91 Å². The number of nitrogens with zero attached hydrogens (tertiary/aromatic N) is 2. The lowest BCUT2D eigenvalue weighted by molar-refractivity contribution is -0.121. The molecule has 1 saturated heterocycles. The fourth-order valence-corrected chi connectivity index (χ4v) is 6.42. The van der Waals surface area contributed by atoms with Gasteiger partial charge in [-0.15, -0.1) is 0 Å². The minimum absolute atomic E-state index is 0.0186. The van der Waals surface area contributed by atoms with Gasteiger partial charge in [0.2, 0.25) is 5.91 Å². The fourth-order valence-electron chi connectivity index (χ4n) is 5.84. The van der Waals surface area contributed by atoms with Crippen molar-refractivity contribution in [1.29, 1.82) is 0 Å². The van der Waals surface area contributed by atoms with E-state index >= 15 is 0 Å². The van der Waals surface area contributed by atoms with Gasteiger partial charge in [0, 0.05) is 59.1 Å². The summed E-state index contributed by atoms with van der Waals surface area (Å²) in [5.41, 5.74) is 3.79. The number of carbonyl (C=O) groups is 3. The molecule has 220 valence electrons. The molecule has 2 aliphatic heterocycles. The van der Waals surface area contributed by atoms with Crippen molar-refractivity contribution in [2.24, 2.45) is 5.92 Å². The number of rotatable bonds is 6. The molecule has 3 amide bonds. The normalized spacial score (nSPS) is 20.8. The first-order valence-corrected chi connectivity index (χ1v) is 15.0. The smallest absolute Gasteiger partial charge is 0.410 e. The van der Waals surface area contributed by atoms with E-state index in [2.05, 4.69) is 26.6 Å². The summed E-state index contributed by atoms with van der Waals surface area (Å²) in [7, 11) is 1.62. The summed E-state index contributed by atoms with van der Waals surface area (Å²) >= 11 is 3.68. The van der Waals surface area contributed by atoms with Gasteiger partial charge in [0.05, 0.1) is 13.2 Å². The largest absolute Gasteiger partial charge is 0.496 e. The van der Waals surface area contributed by atoms with Crippen LogP contribution < -0.4 is 15.4 Å². The molecule has 0 radical (unpaired) electrons. The highest BCUT2D eigenvalue weighted by atomic mass is 79.9. The molecule has 0 bridgehead atoms. The maximum absolute atomic E-state index is 13.5. The van der Waals surface area contributed by atoms with Crippen LogP contribution >= 0.6 is 15.9 Å². The monoisotopic (exact) mass is 626 g/mol. The summed E-state index contributed by atoms with van der Waals surface area (Å²) in [6, 6.07) is 9.82. The molecular weight excluding hydrogens is 588 g/mol. The number of fused-ring (bicyclic) bond motifs is 1. The van der Waals surface area contributed by atoms with Crippen molar-refractivity contribution in [2.45, 2.75) is 77.6 Å². The summed E-state index contributed by atoms with van der Waals surface area (Å²) in [6.45, 7) is 9.21. The Balaban J connectivity index is 1.14. The van der Waals surface area contributed by atoms with Crippen molar-refractivity contribution in [3.63, 3.8) is 0 Å². The highest BCUT2D eigenvalue weighted by molar-refractivity contribution is 9.10. The molecular formula is C31H39BrN4O5. The highest BCUT2D eigenvalue weighted by Crippen LogP contribution is 2.38. The lowest BCUT2D eigenvalue weighted by Crippen LogP contribution is -2.57. The Bertz CT molecular complexity index is 1340. The van der Waals surface area contributed by atoms with Crippen LogP contribution in [0.15, 0.2) is 34.8 Å². The third kappa shape index (κ3) is 6.47. The molecule has 0 atom stereocenters. The first kappa shape index (κ1) is 29.2. The molecule has 1 aliphatic carbocycles. The maximum atomic E-state index is 13.5. The van der Waals surface area contributed by atoms with E-state index in [0.29, 0.717) is 25.2 Å². The van der Waals surface area contributed by atoms with Gasteiger partial charge >= 0.3 is 6.09 Å². The zero-order chi connectivity index (χ0) is 29.5. The quantitative estimate of drug-likeness (QED) is 0.411. The van der Waals surface area contributed by atoms with Crippen molar-refractivity contribution in [2.75, 3.05) is 30.8 Å². The molecule has 5 rings (SSSR count). The van der Waals surface area contributed by atoms with Crippen molar-refractivity contribution < 1.29 is 23.9 Å². The number of ether oxygens (including phenoxy) is 2. The van der Waals surface area contributed by atoms with Gasteiger partial charge in [-0.2, -0.15) is 0 Å². The summed E-state index contributed by atoms with van der Waals surface area (Å²) in [4.78, 5) is 42.4. The fraction of sp³-hybridized carbons (Fsp3) is 0.516. The van der Waals surface area contributed by atoms with Crippen LogP contribution in [0.5, 0.6) is 5.75 Å². The molecule has 2 heterocycles. The second kappa shape index (κ2) is 11.5. The van der Waals surface area contributed by atoms with Crippen LogP contribution in [0.4, 0.5) is 16.2 Å². The summed E-state index contributed by atoms with van der Waals surface area (Å²) < 4.78 is 11.7. The van der Waals surface area contributed by atoms with Crippen LogP contribution in [0, 0.1) is 12.8 Å². The van der Waals surface area contributed by atoms with E-state index in [4.69, 9.17) is 9.47 Å². The predicted molar refractivity (Wildman–Crippen MR) is 161 cm³/mol. The lowest BCUT2D eigenvalue weighted by atomic mass is 9.84. The van der Waals surface area contributed by atoms with E-state index in [1.165, 1.54) is 0 Å². The van der Waals surface area contributed by atoms with Gasteiger partial charge in [0.15, 0.2) is 0 Å². The van der Waals surface area contributed by atoms with Gasteiger partial charge < -0.3 is 29.9 Å². The second-order valence-corrected chi connectivity index (χ2v) is 13.2. The Morgan fingerprint density at radius 2 is 1.73 bits per heavy atom. The maximum Gasteiger partial charge on any atom is 0.410 e. The topological polar surface area (TPSA) is 100 Å². The van der Waals surface area contributed by atoms with Gasteiger partial charge in [-0.05, 0) is 82.7 Å². The molecule has 0 unspecified atom stereocenters. The Morgan fingerprint density at radius 3 is 2.39 bits per heavy atom. The first-order valence-electron chi connectivity index (χ1n) is 14.2. The Labute approximate surface area is 250 Å². The molecule has 2 aromatic rings. The Hall–Kier alpha value is -3.27. The van der Waals surface area contributed by atoms with Crippen molar-refractivity contribution >= 4 is 45.2 Å². The average molecular weight is 628 g/mol. The number of halogens is 1. The summed E-state index contributed by atoms with van der Waals surface area (Å²) in [6.07, 6.45) is 2.76. The number of benzene rings is 2. The van der Waals surface area contributed by atoms with Gasteiger partial charge in [-0.25, -0.2) is 4.79 Å². The number of nitrogens with one attached hydrogen (secondary N) is 2. The lowest BCUT2D eigenvalue weighted by Gasteiger charge is -2.40. The van der Waals surface area contributed by atoms with Crippen LogP contribution in [-0.2, 0) is 16.1 Å². The number of hydrogen-bond acceptors (Lipinski definition) is 6. The molecule has 3 aliphatic rings. The minimum Gasteiger partial charge on any atom is -0.496 e. The highest BCUT2D eigenvalue weighted by Gasteiger charge is 2.38. The van der Waals surface area contributed by atoms with Crippen LogP contribution in [0.1, 0.15) is 67.9 Å². The predicted octanol–water partition coefficient (Wildman–Crippen LogP) is 5.95. The molecule has 2 N–H and O–H groups in total. The molecule has 10 heteroatoms. The number of methoxy groups -OCH3 is 1. The molecule has 2 fully saturated rings. The molecule has 0 spiro atoms. The molecule has 9 nitrogen and oxygen atoms in total. The van der Waals surface area contributed by atoms with E-state index < -0.39 is 5.60 Å². The van der Waals surface area contributed by atoms with Crippen LogP contribution in [-0.4, -0.2) is 65.6 Å². The molecule has 41 heavy (non-hydrogen) atoms. The van der Waals surface area contributed by atoms with E-state index in [1.807, 2.05) is 62.9 Å². The van der Waals surface area contributed by atoms with Crippen LogP contribution in [0.25, 0.3) is 0 Å². The Morgan fingerprint density at radius 1 is 1.02 bits per heavy atom. The number of likely N-dealkylation sites (tertiary alicyclic amines) is 1. The van der Waals surface area contributed by atoms with Crippen molar-refractivity contribution in [3.8, 4) is 5.75 Å². The summed E-state index contributed by atoms with van der Waals surface area (Å²) in [5, 5.41) is 6.49. The zero-order valence-electron chi connectivity index (χ0n) is 24.4. The first-order chi connectivity index (χ1) is 19.4. The third-order valence-corrected chi connectivity index (χ3v) is 8.81. The third-order valence-electron chi connectivity index (χ3n) is 8.10. The van der Waals surface area contributed by atoms with E-state index in [1.54, 1.807) is 12.0 Å². The molecule has 2 aromatic carbocycles. The van der Waals surface area contributed by atoms with Crippen LogP contribution in [0.2, 0.25) is 0 Å². The standard InChI is InChI=1S/C31H39BrN4O5/c1-18-6-9-20(14-27(18)40-5)34-28(37)19-7-10-23(11-8-19)36-17-25-24(29(36)38)12-21(13-26(25)32)33-22-15-35(16-22)30(39)41-31(2,3)4/h6,9,12-14,19,22-23,33H,7-8,10-11,15-17H2,1-5H3,(H,34,37). The Kier molecular flexibility index (Phi) is 8.23. The van der Waals surface area contributed by atoms with Gasteiger partial charge in [0.1, 0.15) is 11.4 Å². The molecule has 1 saturated carbocycles. The second-order valence-electron chi connectivity index (χ2n) is 12.3. The van der Waals surface area contributed by atoms with E-state index in [9.17, 15) is 14.4 Å². The molecule has 0 aromatic heterocycles. The zero-order valence-corrected chi connectivity index (χ0v) is 26.0. The van der Waals surface area contributed by atoms with Gasteiger partial charge in [-0.3, -0.25) is 9.59 Å². The van der Waals surface area contributed by atoms with E-state index in [-0.39, 0.29) is 35.9 Å². The number of aryl methyl sites for hydroxylation is 1. The number of carbonyl (C=O) groups excluding carboxylic acids is 3. The number of hydrogen-bond donors (Lipinski definition) is 2. The van der Waals surface area contributed by atoms with Gasteiger partial charge in [-0.1, -0.05) is 22.0 Å². The summed E-state index contributed by atoms with van der Waals surface area (Å²) in [5.74, 6) is 0.723. The van der Waals surface area contributed by atoms with Crippen LogP contribution in [0.3, 0.4) is 0 Å². The average Bonchev–Trinajstić information content (AvgIpc) is 3.22. The SMILES string of the molecule is COc1cc(NC(=O)C2CCC(N3Cc4c(Br)cc(NC5CN(C(=O)OC(C)(C)C)C5)cc4C3=O)CC2)ccc1C. The van der Waals surface area contributed by atoms with E-state index in [0.717, 1.165) is 58.4 Å². The van der Waals surface area contributed by atoms with Crippen molar-refractivity contribution in [1.82, 2.24) is 9.80 Å². The van der Waals surface area contributed by atoms with Crippen molar-refractivity contribution in [3.05, 3.63) is 51.5 Å².